The standard InChI is InChI=1S/C24H24N2O2/c1-17-13-18(2)22(16-26-24(28)20-11-7-4-8-12-20)14-21(17)15-25-23(27)19-9-5-3-6-10-19/h3-14H,15-16H2,1-2H3,(H,25,27)(H,26,28). The monoisotopic (exact) mass is 372 g/mol. The number of amides is 2. The van der Waals surface area contributed by atoms with Crippen LogP contribution in [-0.2, 0) is 13.1 Å². The number of carbonyl (C=O) groups excluding carboxylic acids is 2. The van der Waals surface area contributed by atoms with E-state index < -0.39 is 0 Å². The van der Waals surface area contributed by atoms with Gasteiger partial charge in [-0.2, -0.15) is 0 Å². The summed E-state index contributed by atoms with van der Waals surface area (Å²) in [5.74, 6) is -0.195. The first-order valence-corrected chi connectivity index (χ1v) is 9.30. The number of hydrogen-bond acceptors (Lipinski definition) is 2. The Hall–Kier alpha value is -3.40. The maximum atomic E-state index is 12.3. The lowest BCUT2D eigenvalue weighted by atomic mass is 9.99. The highest BCUT2D eigenvalue weighted by Gasteiger charge is 2.10. The van der Waals surface area contributed by atoms with Gasteiger partial charge in [0.1, 0.15) is 0 Å². The number of rotatable bonds is 6. The molecule has 0 atom stereocenters. The Morgan fingerprint density at radius 2 is 1.04 bits per heavy atom. The van der Waals surface area contributed by atoms with E-state index in [1.54, 1.807) is 24.3 Å². The van der Waals surface area contributed by atoms with Crippen molar-refractivity contribution in [3.8, 4) is 0 Å². The Bertz CT molecular complexity index is 890. The number of hydrogen-bond donors (Lipinski definition) is 2. The van der Waals surface area contributed by atoms with Crippen LogP contribution >= 0.6 is 0 Å². The van der Waals surface area contributed by atoms with Crippen LogP contribution in [0.3, 0.4) is 0 Å². The molecule has 142 valence electrons. The van der Waals surface area contributed by atoms with E-state index in [2.05, 4.69) is 22.8 Å². The minimum absolute atomic E-state index is 0.0977. The predicted octanol–water partition coefficient (Wildman–Crippen LogP) is 4.16. The summed E-state index contributed by atoms with van der Waals surface area (Å²) in [5.41, 5.74) is 5.59. The van der Waals surface area contributed by atoms with E-state index in [1.165, 1.54) is 0 Å². The van der Waals surface area contributed by atoms with Crippen LogP contribution < -0.4 is 10.6 Å². The SMILES string of the molecule is Cc1cc(C)c(CNC(=O)c2ccccc2)cc1CNC(=O)c1ccccc1. The Labute approximate surface area is 165 Å². The second-order valence-corrected chi connectivity index (χ2v) is 6.80. The Morgan fingerprint density at radius 1 is 0.643 bits per heavy atom. The molecule has 0 fully saturated rings. The number of aryl methyl sites for hydroxylation is 2. The van der Waals surface area contributed by atoms with Crippen LogP contribution in [0.25, 0.3) is 0 Å². The lowest BCUT2D eigenvalue weighted by Gasteiger charge is -2.14. The maximum Gasteiger partial charge on any atom is 0.251 e. The molecule has 4 heteroatoms. The molecule has 4 nitrogen and oxygen atoms in total. The van der Waals surface area contributed by atoms with Gasteiger partial charge in [0.25, 0.3) is 11.8 Å². The van der Waals surface area contributed by atoms with Gasteiger partial charge in [0, 0.05) is 24.2 Å². The van der Waals surface area contributed by atoms with Crippen molar-refractivity contribution in [2.75, 3.05) is 0 Å². The van der Waals surface area contributed by atoms with Crippen molar-refractivity contribution in [1.29, 1.82) is 0 Å². The maximum absolute atomic E-state index is 12.3. The molecule has 0 unspecified atom stereocenters. The van der Waals surface area contributed by atoms with Crippen molar-refractivity contribution in [2.24, 2.45) is 0 Å². The number of benzene rings is 3. The van der Waals surface area contributed by atoms with E-state index in [4.69, 9.17) is 0 Å². The van der Waals surface area contributed by atoms with E-state index in [1.807, 2.05) is 50.2 Å². The first-order valence-electron chi connectivity index (χ1n) is 9.30. The lowest BCUT2D eigenvalue weighted by molar-refractivity contribution is 0.0943. The fourth-order valence-corrected chi connectivity index (χ4v) is 3.06. The van der Waals surface area contributed by atoms with Crippen LogP contribution in [0.2, 0.25) is 0 Å². The summed E-state index contributed by atoms with van der Waals surface area (Å²) in [6, 6.07) is 22.5. The molecule has 2 amide bonds. The average molecular weight is 372 g/mol. The van der Waals surface area contributed by atoms with E-state index >= 15 is 0 Å². The topological polar surface area (TPSA) is 58.2 Å². The largest absolute Gasteiger partial charge is 0.348 e. The van der Waals surface area contributed by atoms with Crippen LogP contribution in [0.5, 0.6) is 0 Å². The minimum atomic E-state index is -0.0977. The van der Waals surface area contributed by atoms with E-state index in [0.717, 1.165) is 22.3 Å². The lowest BCUT2D eigenvalue weighted by Crippen LogP contribution is -2.25. The van der Waals surface area contributed by atoms with Gasteiger partial charge in [-0.15, -0.1) is 0 Å². The van der Waals surface area contributed by atoms with Crippen molar-refractivity contribution in [3.63, 3.8) is 0 Å². The normalized spacial score (nSPS) is 10.4. The number of carbonyl (C=O) groups is 2. The van der Waals surface area contributed by atoms with E-state index in [-0.39, 0.29) is 11.8 Å². The second kappa shape index (κ2) is 9.00. The Morgan fingerprint density at radius 3 is 1.43 bits per heavy atom. The smallest absolute Gasteiger partial charge is 0.251 e. The fraction of sp³-hybridized carbons (Fsp3) is 0.167. The summed E-state index contributed by atoms with van der Waals surface area (Å²) < 4.78 is 0. The first-order chi connectivity index (χ1) is 13.5. The predicted molar refractivity (Wildman–Crippen MR) is 111 cm³/mol. The van der Waals surface area contributed by atoms with Gasteiger partial charge in [-0.1, -0.05) is 48.5 Å². The van der Waals surface area contributed by atoms with Gasteiger partial charge in [0.15, 0.2) is 0 Å². The number of nitrogens with one attached hydrogen (secondary N) is 2. The summed E-state index contributed by atoms with van der Waals surface area (Å²) >= 11 is 0. The van der Waals surface area contributed by atoms with Gasteiger partial charge < -0.3 is 10.6 Å². The van der Waals surface area contributed by atoms with Crippen LogP contribution in [0.1, 0.15) is 43.0 Å². The molecule has 28 heavy (non-hydrogen) atoms. The van der Waals surface area contributed by atoms with Crippen molar-refractivity contribution in [1.82, 2.24) is 10.6 Å². The van der Waals surface area contributed by atoms with Crippen molar-refractivity contribution in [3.05, 3.63) is 106 Å². The fourth-order valence-electron chi connectivity index (χ4n) is 3.06. The summed E-state index contributed by atoms with van der Waals surface area (Å²) in [4.78, 5) is 24.6. The second-order valence-electron chi connectivity index (χ2n) is 6.80. The third-order valence-corrected chi connectivity index (χ3v) is 4.75. The molecule has 3 aromatic carbocycles. The summed E-state index contributed by atoms with van der Waals surface area (Å²) in [6.45, 7) is 4.95. The zero-order valence-electron chi connectivity index (χ0n) is 16.2. The molecule has 0 aliphatic rings. The third kappa shape index (κ3) is 4.86. The van der Waals surface area contributed by atoms with Crippen LogP contribution in [0, 0.1) is 13.8 Å². The average Bonchev–Trinajstić information content (AvgIpc) is 2.73. The molecule has 2 N–H and O–H groups in total. The molecule has 0 bridgehead atoms. The van der Waals surface area contributed by atoms with Gasteiger partial charge in [-0.05, 0) is 60.4 Å². The Balaban J connectivity index is 1.66. The van der Waals surface area contributed by atoms with Crippen LogP contribution in [-0.4, -0.2) is 11.8 Å². The van der Waals surface area contributed by atoms with E-state index in [0.29, 0.717) is 24.2 Å². The molecule has 3 rings (SSSR count). The molecule has 3 aromatic rings. The van der Waals surface area contributed by atoms with Crippen LogP contribution in [0.15, 0.2) is 72.8 Å². The third-order valence-electron chi connectivity index (χ3n) is 4.75. The molecule has 0 saturated carbocycles. The molecule has 0 aliphatic carbocycles. The quantitative estimate of drug-likeness (QED) is 0.682. The van der Waals surface area contributed by atoms with Crippen LogP contribution in [0.4, 0.5) is 0 Å². The molecule has 0 spiro atoms. The zero-order valence-corrected chi connectivity index (χ0v) is 16.2. The van der Waals surface area contributed by atoms with Gasteiger partial charge in [-0.3, -0.25) is 9.59 Å². The molecular formula is C24H24N2O2. The van der Waals surface area contributed by atoms with Gasteiger partial charge in [0.2, 0.25) is 0 Å². The van der Waals surface area contributed by atoms with Crippen molar-refractivity contribution >= 4 is 11.8 Å². The van der Waals surface area contributed by atoms with Crippen molar-refractivity contribution in [2.45, 2.75) is 26.9 Å². The van der Waals surface area contributed by atoms with E-state index in [9.17, 15) is 9.59 Å². The summed E-state index contributed by atoms with van der Waals surface area (Å²) in [7, 11) is 0. The first kappa shape index (κ1) is 19.4. The molecule has 0 heterocycles. The highest BCUT2D eigenvalue weighted by Crippen LogP contribution is 2.17. The molecule has 0 aromatic heterocycles. The highest BCUT2D eigenvalue weighted by molar-refractivity contribution is 5.94. The Kier molecular flexibility index (Phi) is 6.22. The van der Waals surface area contributed by atoms with Gasteiger partial charge in [0.05, 0.1) is 0 Å². The summed E-state index contributed by atoms with van der Waals surface area (Å²) in [6.07, 6.45) is 0. The molecule has 0 radical (unpaired) electrons. The van der Waals surface area contributed by atoms with Crippen molar-refractivity contribution < 1.29 is 9.59 Å². The zero-order chi connectivity index (χ0) is 19.9. The summed E-state index contributed by atoms with van der Waals surface area (Å²) in [5, 5.41) is 5.93. The molecule has 0 saturated heterocycles. The molecular weight excluding hydrogens is 348 g/mol. The highest BCUT2D eigenvalue weighted by atomic mass is 16.2. The van der Waals surface area contributed by atoms with Gasteiger partial charge in [-0.25, -0.2) is 0 Å². The van der Waals surface area contributed by atoms with Gasteiger partial charge >= 0.3 is 0 Å². The molecule has 0 aliphatic heterocycles. The minimum Gasteiger partial charge on any atom is -0.348 e.